The highest BCUT2D eigenvalue weighted by Crippen LogP contribution is 2.29. The summed E-state index contributed by atoms with van der Waals surface area (Å²) in [6.07, 6.45) is 8.17. The minimum atomic E-state index is -4.35. The Balaban J connectivity index is 1.21. The summed E-state index contributed by atoms with van der Waals surface area (Å²) in [4.78, 5) is 11.5. The molecule has 0 aliphatic heterocycles. The number of ether oxygens (including phenoxy) is 1. The number of halogens is 3. The summed E-state index contributed by atoms with van der Waals surface area (Å²) in [7, 11) is 0. The highest BCUT2D eigenvalue weighted by molar-refractivity contribution is 5.66. The molecular weight excluding hydrogens is 443 g/mol. The first kappa shape index (κ1) is 23.4. The molecule has 0 saturated heterocycles. The number of H-pyrrole nitrogens is 1. The van der Waals surface area contributed by atoms with Gasteiger partial charge in [0.2, 0.25) is 5.89 Å². The van der Waals surface area contributed by atoms with Crippen LogP contribution < -0.4 is 4.74 Å². The van der Waals surface area contributed by atoms with E-state index in [2.05, 4.69) is 27.1 Å². The Kier molecular flexibility index (Phi) is 7.47. The SMILES string of the molecule is FC(F)(F)c1ccc(/C=C/c2nc(COc3ccc(CCCCc4cnc[nH]4)cc3)co2)cc1. The predicted molar refractivity (Wildman–Crippen MR) is 123 cm³/mol. The summed E-state index contributed by atoms with van der Waals surface area (Å²) in [6, 6.07) is 12.9. The van der Waals surface area contributed by atoms with Crippen molar-refractivity contribution in [3.05, 3.63) is 101 Å². The largest absolute Gasteiger partial charge is 0.487 e. The lowest BCUT2D eigenvalue weighted by Gasteiger charge is -2.06. The average molecular weight is 467 g/mol. The van der Waals surface area contributed by atoms with E-state index in [1.807, 2.05) is 18.3 Å². The zero-order chi connectivity index (χ0) is 23.8. The molecule has 176 valence electrons. The molecule has 0 atom stereocenters. The molecule has 0 radical (unpaired) electrons. The number of nitrogens with zero attached hydrogens (tertiary/aromatic N) is 2. The number of aromatic nitrogens is 3. The van der Waals surface area contributed by atoms with Crippen molar-refractivity contribution in [1.29, 1.82) is 0 Å². The van der Waals surface area contributed by atoms with E-state index < -0.39 is 11.7 Å². The van der Waals surface area contributed by atoms with Crippen molar-refractivity contribution in [2.24, 2.45) is 0 Å². The molecule has 0 bridgehead atoms. The Morgan fingerprint density at radius 1 is 0.941 bits per heavy atom. The number of rotatable bonds is 10. The zero-order valence-corrected chi connectivity index (χ0v) is 18.4. The molecule has 0 spiro atoms. The molecule has 4 rings (SSSR count). The summed E-state index contributed by atoms with van der Waals surface area (Å²) in [5.74, 6) is 1.09. The number of hydrogen-bond acceptors (Lipinski definition) is 4. The number of unbranched alkanes of at least 4 members (excludes halogenated alkanes) is 1. The van der Waals surface area contributed by atoms with Gasteiger partial charge in [0.05, 0.1) is 11.9 Å². The fourth-order valence-corrected chi connectivity index (χ4v) is 3.39. The van der Waals surface area contributed by atoms with E-state index in [9.17, 15) is 13.2 Å². The van der Waals surface area contributed by atoms with Crippen LogP contribution in [0.4, 0.5) is 13.2 Å². The number of oxazole rings is 1. The third-order valence-corrected chi connectivity index (χ3v) is 5.25. The van der Waals surface area contributed by atoms with Crippen LogP contribution in [0.15, 0.2) is 71.7 Å². The summed E-state index contributed by atoms with van der Waals surface area (Å²) in [6.45, 7) is 0.251. The summed E-state index contributed by atoms with van der Waals surface area (Å²) >= 11 is 0. The van der Waals surface area contributed by atoms with E-state index in [-0.39, 0.29) is 6.61 Å². The van der Waals surface area contributed by atoms with Gasteiger partial charge in [-0.25, -0.2) is 9.97 Å². The predicted octanol–water partition coefficient (Wildman–Crippen LogP) is 6.73. The third kappa shape index (κ3) is 6.84. The molecule has 34 heavy (non-hydrogen) atoms. The van der Waals surface area contributed by atoms with Crippen LogP contribution in [0.1, 0.15) is 46.8 Å². The van der Waals surface area contributed by atoms with Gasteiger partial charge in [-0.2, -0.15) is 13.2 Å². The van der Waals surface area contributed by atoms with Crippen LogP contribution in [0.25, 0.3) is 12.2 Å². The van der Waals surface area contributed by atoms with Crippen molar-refractivity contribution >= 4 is 12.2 Å². The van der Waals surface area contributed by atoms with Crippen LogP contribution in [0.2, 0.25) is 0 Å². The van der Waals surface area contributed by atoms with Gasteiger partial charge in [0, 0.05) is 18.0 Å². The maximum atomic E-state index is 12.6. The minimum absolute atomic E-state index is 0.251. The Hall–Kier alpha value is -3.81. The lowest BCUT2D eigenvalue weighted by Crippen LogP contribution is -2.03. The highest BCUT2D eigenvalue weighted by Gasteiger charge is 2.29. The van der Waals surface area contributed by atoms with Crippen LogP contribution in [0.5, 0.6) is 5.75 Å². The van der Waals surface area contributed by atoms with Crippen LogP contribution >= 0.6 is 0 Å². The number of aromatic amines is 1. The fraction of sp³-hybridized carbons (Fsp3) is 0.231. The van der Waals surface area contributed by atoms with Gasteiger partial charge in [-0.3, -0.25) is 0 Å². The van der Waals surface area contributed by atoms with Crippen molar-refractivity contribution < 1.29 is 22.3 Å². The lowest BCUT2D eigenvalue weighted by molar-refractivity contribution is -0.137. The van der Waals surface area contributed by atoms with Crippen molar-refractivity contribution in [2.75, 3.05) is 0 Å². The first-order chi connectivity index (χ1) is 16.5. The molecule has 5 nitrogen and oxygen atoms in total. The normalized spacial score (nSPS) is 11.9. The Morgan fingerprint density at radius 2 is 1.71 bits per heavy atom. The lowest BCUT2D eigenvalue weighted by atomic mass is 10.1. The average Bonchev–Trinajstić information content (AvgIpc) is 3.52. The van der Waals surface area contributed by atoms with Gasteiger partial charge in [0.15, 0.2) is 0 Å². The maximum absolute atomic E-state index is 12.6. The van der Waals surface area contributed by atoms with E-state index in [4.69, 9.17) is 9.15 Å². The number of aryl methyl sites for hydroxylation is 2. The maximum Gasteiger partial charge on any atom is 0.416 e. The quantitative estimate of drug-likeness (QED) is 0.263. The number of hydrogen-bond donors (Lipinski definition) is 1. The van der Waals surface area contributed by atoms with Gasteiger partial charge in [0.1, 0.15) is 24.3 Å². The van der Waals surface area contributed by atoms with Crippen molar-refractivity contribution in [3.8, 4) is 5.75 Å². The summed E-state index contributed by atoms with van der Waals surface area (Å²) in [5, 5.41) is 0. The van der Waals surface area contributed by atoms with Gasteiger partial charge >= 0.3 is 6.18 Å². The molecule has 8 heteroatoms. The van der Waals surface area contributed by atoms with E-state index in [1.165, 1.54) is 24.0 Å². The smallest absolute Gasteiger partial charge is 0.416 e. The first-order valence-corrected chi connectivity index (χ1v) is 10.9. The zero-order valence-electron chi connectivity index (χ0n) is 18.4. The van der Waals surface area contributed by atoms with Crippen LogP contribution in [-0.2, 0) is 25.6 Å². The van der Waals surface area contributed by atoms with Gasteiger partial charge < -0.3 is 14.1 Å². The molecule has 2 aromatic heterocycles. The molecule has 2 heterocycles. The van der Waals surface area contributed by atoms with Crippen LogP contribution in [0, 0.1) is 0 Å². The van der Waals surface area contributed by atoms with Gasteiger partial charge in [-0.05, 0) is 67.2 Å². The molecule has 0 unspecified atom stereocenters. The van der Waals surface area contributed by atoms with E-state index in [0.717, 1.165) is 49.3 Å². The second-order valence-corrected chi connectivity index (χ2v) is 7.85. The van der Waals surface area contributed by atoms with Gasteiger partial charge in [0.25, 0.3) is 0 Å². The summed E-state index contributed by atoms with van der Waals surface area (Å²) < 4.78 is 49.1. The molecule has 0 aliphatic carbocycles. The molecule has 2 aromatic carbocycles. The first-order valence-electron chi connectivity index (χ1n) is 10.9. The van der Waals surface area contributed by atoms with Crippen molar-refractivity contribution in [3.63, 3.8) is 0 Å². The number of imidazole rings is 1. The fourth-order valence-electron chi connectivity index (χ4n) is 3.39. The van der Waals surface area contributed by atoms with Crippen LogP contribution in [0.3, 0.4) is 0 Å². The highest BCUT2D eigenvalue weighted by atomic mass is 19.4. The Morgan fingerprint density at radius 3 is 2.41 bits per heavy atom. The second kappa shape index (κ2) is 10.9. The standard InChI is InChI=1S/C26H24F3N3O2/c27-26(28,29)21-10-5-20(6-11-21)9-14-25-32-23(17-34-25)16-33-24-12-7-19(8-13-24)3-1-2-4-22-15-30-18-31-22/h5-15,17-18H,1-4,16H2,(H,30,31)/b14-9+. The number of benzene rings is 2. The third-order valence-electron chi connectivity index (χ3n) is 5.25. The molecule has 0 fully saturated rings. The van der Waals surface area contributed by atoms with E-state index in [1.54, 1.807) is 18.5 Å². The topological polar surface area (TPSA) is 63.9 Å². The van der Waals surface area contributed by atoms with Crippen LogP contribution in [-0.4, -0.2) is 15.0 Å². The Labute approximate surface area is 195 Å². The van der Waals surface area contributed by atoms with Gasteiger partial charge in [-0.1, -0.05) is 24.3 Å². The minimum Gasteiger partial charge on any atom is -0.487 e. The molecule has 1 N–H and O–H groups in total. The van der Waals surface area contributed by atoms with Gasteiger partial charge in [-0.15, -0.1) is 0 Å². The molecule has 4 aromatic rings. The Bertz CT molecular complexity index is 1180. The molecule has 0 saturated carbocycles. The second-order valence-electron chi connectivity index (χ2n) is 7.85. The summed E-state index contributed by atoms with van der Waals surface area (Å²) in [5.41, 5.74) is 2.97. The van der Waals surface area contributed by atoms with E-state index in [0.29, 0.717) is 17.1 Å². The van der Waals surface area contributed by atoms with Crippen molar-refractivity contribution in [2.45, 2.75) is 38.5 Å². The molecule has 0 aliphatic rings. The molecule has 0 amide bonds. The van der Waals surface area contributed by atoms with E-state index >= 15 is 0 Å². The van der Waals surface area contributed by atoms with Crippen molar-refractivity contribution in [1.82, 2.24) is 15.0 Å². The monoisotopic (exact) mass is 467 g/mol. The number of alkyl halides is 3. The number of nitrogens with one attached hydrogen (secondary N) is 1. The molecular formula is C26H24F3N3O2.